The molecule has 2 heterocycles. The molecule has 0 saturated carbocycles. The standard InChI is InChI=1S/C18H17N3O3/c22-10-9-21(12-14-5-4-8-19-11-14)18(23)16-13-24-17(20-16)15-6-2-1-3-7-15/h1-8,11,13,22H,9-10,12H2. The summed E-state index contributed by atoms with van der Waals surface area (Å²) in [6, 6.07) is 13.1. The van der Waals surface area contributed by atoms with Crippen molar-refractivity contribution in [1.82, 2.24) is 14.9 Å². The summed E-state index contributed by atoms with van der Waals surface area (Å²) < 4.78 is 5.42. The van der Waals surface area contributed by atoms with Crippen LogP contribution in [0.1, 0.15) is 16.1 Å². The molecular weight excluding hydrogens is 306 g/mol. The molecule has 0 unspecified atom stereocenters. The van der Waals surface area contributed by atoms with Crippen molar-refractivity contribution in [2.24, 2.45) is 0 Å². The summed E-state index contributed by atoms with van der Waals surface area (Å²) in [4.78, 5) is 22.5. The first-order valence-electron chi connectivity index (χ1n) is 7.58. The lowest BCUT2D eigenvalue weighted by atomic mass is 10.2. The Morgan fingerprint density at radius 2 is 2.00 bits per heavy atom. The molecule has 0 aliphatic heterocycles. The van der Waals surface area contributed by atoms with Crippen LogP contribution < -0.4 is 0 Å². The Hall–Kier alpha value is -2.99. The van der Waals surface area contributed by atoms with E-state index in [1.165, 1.54) is 11.2 Å². The van der Waals surface area contributed by atoms with E-state index in [-0.39, 0.29) is 24.8 Å². The SMILES string of the molecule is O=C(c1coc(-c2ccccc2)n1)N(CCO)Cc1cccnc1. The van der Waals surface area contributed by atoms with E-state index in [2.05, 4.69) is 9.97 Å². The number of oxazole rings is 1. The molecular formula is C18H17N3O3. The second kappa shape index (κ2) is 7.52. The molecule has 3 rings (SSSR count). The number of amides is 1. The molecule has 0 spiro atoms. The average molecular weight is 323 g/mol. The van der Waals surface area contributed by atoms with Gasteiger partial charge in [0, 0.05) is 31.0 Å². The molecule has 0 bridgehead atoms. The summed E-state index contributed by atoms with van der Waals surface area (Å²) >= 11 is 0. The number of aromatic nitrogens is 2. The molecule has 0 aliphatic carbocycles. The van der Waals surface area contributed by atoms with Crippen molar-refractivity contribution in [1.29, 1.82) is 0 Å². The van der Waals surface area contributed by atoms with E-state index in [0.717, 1.165) is 11.1 Å². The van der Waals surface area contributed by atoms with Gasteiger partial charge in [-0.15, -0.1) is 0 Å². The van der Waals surface area contributed by atoms with Crippen LogP contribution in [0.4, 0.5) is 0 Å². The quantitative estimate of drug-likeness (QED) is 0.753. The van der Waals surface area contributed by atoms with E-state index in [4.69, 9.17) is 4.42 Å². The van der Waals surface area contributed by atoms with E-state index in [1.54, 1.807) is 18.5 Å². The molecule has 6 heteroatoms. The van der Waals surface area contributed by atoms with Gasteiger partial charge < -0.3 is 14.4 Å². The maximum absolute atomic E-state index is 12.7. The van der Waals surface area contributed by atoms with Gasteiger partial charge in [-0.1, -0.05) is 24.3 Å². The number of hydrogen-bond acceptors (Lipinski definition) is 5. The van der Waals surface area contributed by atoms with Crippen molar-refractivity contribution in [2.45, 2.75) is 6.54 Å². The number of carbonyl (C=O) groups excluding carboxylic acids is 1. The van der Waals surface area contributed by atoms with Gasteiger partial charge in [0.15, 0.2) is 5.69 Å². The van der Waals surface area contributed by atoms with Crippen LogP contribution in [0.25, 0.3) is 11.5 Å². The minimum Gasteiger partial charge on any atom is -0.444 e. The molecule has 1 aromatic carbocycles. The summed E-state index contributed by atoms with van der Waals surface area (Å²) in [7, 11) is 0. The van der Waals surface area contributed by atoms with Crippen LogP contribution in [0.3, 0.4) is 0 Å². The zero-order valence-corrected chi connectivity index (χ0v) is 13.0. The van der Waals surface area contributed by atoms with E-state index < -0.39 is 0 Å². The van der Waals surface area contributed by atoms with E-state index in [1.807, 2.05) is 36.4 Å². The number of aliphatic hydroxyl groups excluding tert-OH is 1. The molecule has 6 nitrogen and oxygen atoms in total. The Kier molecular flexibility index (Phi) is 4.98. The zero-order valence-electron chi connectivity index (χ0n) is 13.0. The van der Waals surface area contributed by atoms with Gasteiger partial charge in [0.2, 0.25) is 5.89 Å². The number of nitrogens with zero attached hydrogens (tertiary/aromatic N) is 3. The monoisotopic (exact) mass is 323 g/mol. The number of aliphatic hydroxyl groups is 1. The molecule has 0 fully saturated rings. The Morgan fingerprint density at radius 3 is 2.71 bits per heavy atom. The summed E-state index contributed by atoms with van der Waals surface area (Å²) in [6.45, 7) is 0.428. The lowest BCUT2D eigenvalue weighted by Gasteiger charge is -2.20. The van der Waals surface area contributed by atoms with Crippen LogP contribution >= 0.6 is 0 Å². The fraction of sp³-hybridized carbons (Fsp3) is 0.167. The molecule has 1 N–H and O–H groups in total. The molecule has 0 saturated heterocycles. The highest BCUT2D eigenvalue weighted by molar-refractivity contribution is 5.92. The third-order valence-electron chi connectivity index (χ3n) is 3.50. The van der Waals surface area contributed by atoms with Crippen molar-refractivity contribution >= 4 is 5.91 Å². The summed E-state index contributed by atoms with van der Waals surface area (Å²) in [5.41, 5.74) is 1.90. The number of hydrogen-bond donors (Lipinski definition) is 1. The van der Waals surface area contributed by atoms with Gasteiger partial charge in [-0.05, 0) is 23.8 Å². The summed E-state index contributed by atoms with van der Waals surface area (Å²) in [5, 5.41) is 9.24. The fourth-order valence-electron chi connectivity index (χ4n) is 2.33. The predicted molar refractivity (Wildman–Crippen MR) is 88.0 cm³/mol. The minimum atomic E-state index is -0.293. The highest BCUT2D eigenvalue weighted by Crippen LogP contribution is 2.19. The number of carbonyl (C=O) groups is 1. The van der Waals surface area contributed by atoms with Crippen LogP contribution in [-0.2, 0) is 6.54 Å². The summed E-state index contributed by atoms with van der Waals surface area (Å²) in [5.74, 6) is 0.100. The van der Waals surface area contributed by atoms with Crippen LogP contribution in [0.5, 0.6) is 0 Å². The molecule has 122 valence electrons. The number of benzene rings is 1. The van der Waals surface area contributed by atoms with Crippen molar-refractivity contribution in [2.75, 3.05) is 13.2 Å². The van der Waals surface area contributed by atoms with Crippen molar-refractivity contribution in [3.63, 3.8) is 0 Å². The zero-order chi connectivity index (χ0) is 16.8. The van der Waals surface area contributed by atoms with E-state index in [0.29, 0.717) is 12.4 Å². The molecule has 0 radical (unpaired) electrons. The molecule has 2 aromatic heterocycles. The van der Waals surface area contributed by atoms with Gasteiger partial charge in [-0.25, -0.2) is 4.98 Å². The third-order valence-corrected chi connectivity index (χ3v) is 3.50. The second-order valence-electron chi connectivity index (χ2n) is 5.22. The Bertz CT molecular complexity index is 788. The second-order valence-corrected chi connectivity index (χ2v) is 5.22. The highest BCUT2D eigenvalue weighted by Gasteiger charge is 2.20. The highest BCUT2D eigenvalue weighted by atomic mass is 16.3. The van der Waals surface area contributed by atoms with Gasteiger partial charge in [0.25, 0.3) is 5.91 Å². The Morgan fingerprint density at radius 1 is 1.17 bits per heavy atom. The van der Waals surface area contributed by atoms with Crippen molar-refractivity contribution < 1.29 is 14.3 Å². The average Bonchev–Trinajstić information content (AvgIpc) is 3.12. The maximum atomic E-state index is 12.7. The van der Waals surface area contributed by atoms with E-state index in [9.17, 15) is 9.90 Å². The molecule has 1 amide bonds. The molecule has 0 aliphatic rings. The van der Waals surface area contributed by atoms with Crippen LogP contribution in [0.2, 0.25) is 0 Å². The molecule has 24 heavy (non-hydrogen) atoms. The smallest absolute Gasteiger partial charge is 0.276 e. The van der Waals surface area contributed by atoms with E-state index >= 15 is 0 Å². The third kappa shape index (κ3) is 3.67. The van der Waals surface area contributed by atoms with Crippen LogP contribution in [-0.4, -0.2) is 39.0 Å². The molecule has 3 aromatic rings. The van der Waals surface area contributed by atoms with Crippen molar-refractivity contribution in [3.05, 3.63) is 72.4 Å². The molecule has 0 atom stereocenters. The lowest BCUT2D eigenvalue weighted by Crippen LogP contribution is -2.33. The van der Waals surface area contributed by atoms with Gasteiger partial charge in [0.05, 0.1) is 6.61 Å². The first-order chi connectivity index (χ1) is 11.8. The topological polar surface area (TPSA) is 79.5 Å². The number of pyridine rings is 1. The van der Waals surface area contributed by atoms with Crippen LogP contribution in [0.15, 0.2) is 65.5 Å². The summed E-state index contributed by atoms with van der Waals surface area (Å²) in [6.07, 6.45) is 4.71. The van der Waals surface area contributed by atoms with Crippen LogP contribution in [0, 0.1) is 0 Å². The normalized spacial score (nSPS) is 10.5. The number of rotatable bonds is 6. The fourth-order valence-corrected chi connectivity index (χ4v) is 2.33. The van der Waals surface area contributed by atoms with Gasteiger partial charge in [0.1, 0.15) is 6.26 Å². The van der Waals surface area contributed by atoms with Gasteiger partial charge in [-0.3, -0.25) is 9.78 Å². The van der Waals surface area contributed by atoms with Gasteiger partial charge in [-0.2, -0.15) is 0 Å². The maximum Gasteiger partial charge on any atom is 0.276 e. The first-order valence-corrected chi connectivity index (χ1v) is 7.58. The predicted octanol–water partition coefficient (Wildman–Crippen LogP) is 2.37. The Labute approximate surface area is 139 Å². The first kappa shape index (κ1) is 15.9. The largest absolute Gasteiger partial charge is 0.444 e. The van der Waals surface area contributed by atoms with Gasteiger partial charge >= 0.3 is 0 Å². The minimum absolute atomic E-state index is 0.130. The lowest BCUT2D eigenvalue weighted by molar-refractivity contribution is 0.0701. The van der Waals surface area contributed by atoms with Crippen molar-refractivity contribution in [3.8, 4) is 11.5 Å². The Balaban J connectivity index is 1.79.